The first-order valence-electron chi connectivity index (χ1n) is 5.52. The van der Waals surface area contributed by atoms with E-state index in [-0.39, 0.29) is 34.1 Å². The third-order valence-electron chi connectivity index (χ3n) is 2.11. The molecule has 0 aromatic carbocycles. The minimum absolute atomic E-state index is 0.318. The fraction of sp³-hybridized carbons (Fsp3) is 0.333. The molecule has 0 aliphatic heterocycles. The van der Waals surface area contributed by atoms with Gasteiger partial charge < -0.3 is 0 Å². The van der Waals surface area contributed by atoms with Crippen LogP contribution in [0.2, 0.25) is 0 Å². The summed E-state index contributed by atoms with van der Waals surface area (Å²) < 4.78 is 2.12. The second kappa shape index (κ2) is 6.26. The zero-order chi connectivity index (χ0) is 13.1. The van der Waals surface area contributed by atoms with Crippen LogP contribution in [0.1, 0.15) is 22.8 Å². The summed E-state index contributed by atoms with van der Waals surface area (Å²) in [7, 11) is 0. The van der Waals surface area contributed by atoms with Crippen molar-refractivity contribution < 1.29 is 0 Å². The summed E-state index contributed by atoms with van der Waals surface area (Å²) in [6.07, 6.45) is 0. The van der Waals surface area contributed by atoms with Crippen LogP contribution in [-0.2, 0) is 0 Å². The van der Waals surface area contributed by atoms with Crippen molar-refractivity contribution in [3.8, 4) is 0 Å². The monoisotopic (exact) mass is 474 g/mol. The van der Waals surface area contributed by atoms with Gasteiger partial charge in [-0.2, -0.15) is 0 Å². The number of hydrogen-bond acceptors (Lipinski definition) is 4. The van der Waals surface area contributed by atoms with Crippen molar-refractivity contribution in [1.82, 2.24) is 19.9 Å². The van der Waals surface area contributed by atoms with E-state index in [4.69, 9.17) is 0 Å². The molecule has 0 amide bonds. The summed E-state index contributed by atoms with van der Waals surface area (Å²) in [6.45, 7) is 8.11. The van der Waals surface area contributed by atoms with Gasteiger partial charge in [0.15, 0.2) is 0 Å². The van der Waals surface area contributed by atoms with Gasteiger partial charge in [0.2, 0.25) is 0 Å². The van der Waals surface area contributed by atoms with Crippen LogP contribution < -0.4 is 7.74 Å². The Morgan fingerprint density at radius 3 is 1.17 bits per heavy atom. The Morgan fingerprint density at radius 2 is 0.889 bits per heavy atom. The summed E-state index contributed by atoms with van der Waals surface area (Å²) in [5.41, 5.74) is 4.26. The third kappa shape index (κ3) is 4.14. The number of nitrogens with zero attached hydrogens (tertiary/aromatic N) is 4. The molecule has 0 radical (unpaired) electrons. The molecule has 0 fully saturated rings. The summed E-state index contributed by atoms with van der Waals surface area (Å²) in [6, 6.07) is 4.04. The molecule has 6 heteroatoms. The molecule has 0 saturated carbocycles. The fourth-order valence-corrected chi connectivity index (χ4v) is 9.74. The summed E-state index contributed by atoms with van der Waals surface area (Å²) in [5, 5.41) is 0. The first-order valence-corrected chi connectivity index (χ1v) is 15.2. The average molecular weight is 469 g/mol. The van der Waals surface area contributed by atoms with Gasteiger partial charge in [0.25, 0.3) is 0 Å². The number of aromatic nitrogens is 4. The van der Waals surface area contributed by atoms with Gasteiger partial charge in [0, 0.05) is 0 Å². The summed E-state index contributed by atoms with van der Waals surface area (Å²) >= 11 is -0.635. The van der Waals surface area contributed by atoms with Gasteiger partial charge in [0.1, 0.15) is 0 Å². The van der Waals surface area contributed by atoms with E-state index in [0.29, 0.717) is 0 Å². The molecule has 2 aromatic rings. The van der Waals surface area contributed by atoms with E-state index in [1.54, 1.807) is 0 Å². The zero-order valence-corrected chi connectivity index (χ0v) is 15.4. The molecule has 0 N–H and O–H groups in total. The molecule has 0 aliphatic rings. The van der Waals surface area contributed by atoms with Gasteiger partial charge in [-0.1, -0.05) is 0 Å². The fourth-order valence-electron chi connectivity index (χ4n) is 1.54. The van der Waals surface area contributed by atoms with Gasteiger partial charge in [-0.25, -0.2) is 0 Å². The molecule has 2 aromatic heterocycles. The Morgan fingerprint density at radius 1 is 0.611 bits per heavy atom. The Bertz CT molecular complexity index is 480. The number of rotatable bonds is 3. The molecule has 2 rings (SSSR count). The second-order valence-electron chi connectivity index (χ2n) is 4.03. The van der Waals surface area contributed by atoms with Crippen LogP contribution in [0.3, 0.4) is 0 Å². The second-order valence-corrected chi connectivity index (χ2v) is 13.5. The molecule has 0 atom stereocenters. The summed E-state index contributed by atoms with van der Waals surface area (Å²) in [5.74, 6) is 0. The molecule has 0 aliphatic carbocycles. The van der Waals surface area contributed by atoms with Crippen LogP contribution >= 0.6 is 0 Å². The Hall–Kier alpha value is -0.261. The normalized spacial score (nSPS) is 10.7. The first-order chi connectivity index (χ1) is 8.52. The quantitative estimate of drug-likeness (QED) is 0.584. The topological polar surface area (TPSA) is 51.6 Å². The van der Waals surface area contributed by atoms with E-state index in [2.05, 4.69) is 19.9 Å². The number of aryl methyl sites for hydroxylation is 4. The van der Waals surface area contributed by atoms with E-state index in [0.717, 1.165) is 30.5 Å². The molecular weight excluding hydrogens is 455 g/mol. The van der Waals surface area contributed by atoms with Crippen LogP contribution in [0.5, 0.6) is 0 Å². The third-order valence-corrected chi connectivity index (χ3v) is 11.5. The van der Waals surface area contributed by atoms with Crippen LogP contribution in [0.15, 0.2) is 12.1 Å². The molecule has 0 bridgehead atoms. The predicted octanol–water partition coefficient (Wildman–Crippen LogP) is -0.226. The molecule has 2 heterocycles. The van der Waals surface area contributed by atoms with E-state index < -0.39 is 0 Å². The van der Waals surface area contributed by atoms with E-state index in [1.165, 1.54) is 0 Å². The maximum absolute atomic E-state index is 4.52. The van der Waals surface area contributed by atoms with Crippen LogP contribution in [0, 0.1) is 27.7 Å². The van der Waals surface area contributed by atoms with Crippen molar-refractivity contribution in [3.63, 3.8) is 0 Å². The zero-order valence-electron chi connectivity index (χ0n) is 10.8. The Balaban J connectivity index is 2.11. The standard InChI is InChI=1S/C12H14N4Te2/c1-7-5-8(2)14-11(13-7)17-18-12-15-9(3)6-10(4)16-12/h5-6H,1-4H3. The van der Waals surface area contributed by atoms with Gasteiger partial charge >= 0.3 is 124 Å². The van der Waals surface area contributed by atoms with E-state index >= 15 is 0 Å². The van der Waals surface area contributed by atoms with Gasteiger partial charge in [-0.15, -0.1) is 0 Å². The number of hydrogen-bond donors (Lipinski definition) is 0. The summed E-state index contributed by atoms with van der Waals surface area (Å²) in [4.78, 5) is 18.1. The maximum atomic E-state index is 4.52. The molecular formula is C12H14N4Te2. The van der Waals surface area contributed by atoms with Gasteiger partial charge in [-0.3, -0.25) is 0 Å². The molecule has 0 saturated heterocycles. The van der Waals surface area contributed by atoms with Crippen molar-refractivity contribution in [1.29, 1.82) is 0 Å². The van der Waals surface area contributed by atoms with E-state index in [9.17, 15) is 0 Å². The van der Waals surface area contributed by atoms with Gasteiger partial charge in [-0.05, 0) is 0 Å². The predicted molar refractivity (Wildman–Crippen MR) is 73.8 cm³/mol. The Kier molecular flexibility index (Phi) is 4.92. The van der Waals surface area contributed by atoms with Crippen LogP contribution in [0.4, 0.5) is 0 Å². The van der Waals surface area contributed by atoms with Crippen molar-refractivity contribution in [3.05, 3.63) is 34.9 Å². The SMILES string of the molecule is Cc1cc(C)nc([Te][Te]c2nc(C)cc(C)n2)n1. The molecule has 0 spiro atoms. The minimum atomic E-state index is -0.318. The molecule has 4 nitrogen and oxygen atoms in total. The van der Waals surface area contributed by atoms with Crippen molar-refractivity contribution in [2.24, 2.45) is 0 Å². The van der Waals surface area contributed by atoms with Crippen molar-refractivity contribution in [2.45, 2.75) is 27.7 Å². The average Bonchev–Trinajstić information content (AvgIpc) is 2.23. The molecule has 94 valence electrons. The van der Waals surface area contributed by atoms with Crippen molar-refractivity contribution in [2.75, 3.05) is 0 Å². The molecule has 18 heavy (non-hydrogen) atoms. The Labute approximate surface area is 123 Å². The van der Waals surface area contributed by atoms with Crippen LogP contribution in [-0.4, -0.2) is 54.1 Å². The van der Waals surface area contributed by atoms with E-state index in [1.807, 2.05) is 39.8 Å². The van der Waals surface area contributed by atoms with Crippen LogP contribution in [0.25, 0.3) is 0 Å². The first kappa shape index (κ1) is 14.2. The van der Waals surface area contributed by atoms with Gasteiger partial charge in [0.05, 0.1) is 0 Å². The van der Waals surface area contributed by atoms with Crippen molar-refractivity contribution >= 4 is 41.9 Å². The molecule has 0 unspecified atom stereocenters.